The lowest BCUT2D eigenvalue weighted by Gasteiger charge is -2.59. The molecule has 0 aliphatic heterocycles. The quantitative estimate of drug-likeness (QED) is 0.262. The van der Waals surface area contributed by atoms with E-state index in [2.05, 4.69) is 63.2 Å². The maximum Gasteiger partial charge on any atom is 0.357 e. The van der Waals surface area contributed by atoms with E-state index in [1.807, 2.05) is 24.3 Å². The fourth-order valence-corrected chi connectivity index (χ4v) is 10.1. The minimum atomic E-state index is -0.313. The fraction of sp³-hybridized carbons (Fsp3) is 0.441. The third-order valence-electron chi connectivity index (χ3n) is 9.13. The van der Waals surface area contributed by atoms with Crippen LogP contribution in [0.5, 0.6) is 11.5 Å². The maximum atomic E-state index is 12.8. The van der Waals surface area contributed by atoms with Crippen molar-refractivity contribution < 1.29 is 40.2 Å². The summed E-state index contributed by atoms with van der Waals surface area (Å²) in [5, 5.41) is 0. The molecule has 3 aromatic carbocycles. The van der Waals surface area contributed by atoms with Gasteiger partial charge in [-0.2, -0.15) is 0 Å². The molecule has 4 aliphatic rings. The minimum Gasteiger partial charge on any atom is -0.488 e. The maximum absolute atomic E-state index is 12.8. The zero-order chi connectivity index (χ0) is 27.0. The van der Waals surface area contributed by atoms with Crippen molar-refractivity contribution in [2.24, 2.45) is 23.7 Å². The summed E-state index contributed by atoms with van der Waals surface area (Å²) in [5.41, 5.74) is 3.09. The zero-order valence-electron chi connectivity index (χ0n) is 23.1. The fourth-order valence-electron chi connectivity index (χ4n) is 7.32. The minimum absolute atomic E-state index is 0.0475. The van der Waals surface area contributed by atoms with Crippen LogP contribution in [-0.2, 0) is 16.1 Å². The third-order valence-corrected chi connectivity index (χ3v) is 11.7. The summed E-state index contributed by atoms with van der Waals surface area (Å²) in [6.07, 6.45) is 6.28. The highest BCUT2D eigenvalue weighted by molar-refractivity contribution is 5.71. The lowest BCUT2D eigenvalue weighted by Crippen LogP contribution is -3.61. The molecular weight excluding hydrogens is 599 g/mol. The van der Waals surface area contributed by atoms with E-state index < -0.39 is 0 Å². The summed E-state index contributed by atoms with van der Waals surface area (Å²) >= 11 is -0.199. The molecule has 4 bridgehead atoms. The molecule has 4 aliphatic carbocycles. The predicted molar refractivity (Wildman–Crippen MR) is 148 cm³/mol. The van der Waals surface area contributed by atoms with Crippen molar-refractivity contribution >= 4 is 5.97 Å². The Labute approximate surface area is 242 Å². The molecule has 0 saturated heterocycles. The molecule has 5 heteroatoms. The molecule has 7 rings (SSSR count). The van der Waals surface area contributed by atoms with Gasteiger partial charge in [-0.3, -0.25) is 0 Å². The Morgan fingerprint density at radius 1 is 0.821 bits per heavy atom. The van der Waals surface area contributed by atoms with E-state index in [1.165, 1.54) is 50.4 Å². The number of benzene rings is 3. The Morgan fingerprint density at radius 2 is 1.44 bits per heavy atom. The monoisotopic (exact) mass is 637 g/mol. The van der Waals surface area contributed by atoms with Gasteiger partial charge in [-0.05, 0) is 130 Å². The van der Waals surface area contributed by atoms with E-state index in [-0.39, 0.29) is 39.4 Å². The van der Waals surface area contributed by atoms with Crippen LogP contribution in [0.1, 0.15) is 55.7 Å². The van der Waals surface area contributed by atoms with Gasteiger partial charge in [0.25, 0.3) is 0 Å². The highest BCUT2D eigenvalue weighted by atomic mass is 127. The number of aryl methyl sites for hydroxylation is 2. The van der Waals surface area contributed by atoms with Crippen molar-refractivity contribution in [2.45, 2.75) is 65.1 Å². The number of halogens is 1. The largest absolute Gasteiger partial charge is 0.488 e. The van der Waals surface area contributed by atoms with Crippen LogP contribution in [0.3, 0.4) is 0 Å². The molecule has 0 spiro atoms. The average Bonchev–Trinajstić information content (AvgIpc) is 2.91. The first kappa shape index (κ1) is 26.7. The van der Waals surface area contributed by atoms with E-state index in [0.29, 0.717) is 24.2 Å². The van der Waals surface area contributed by atoms with E-state index >= 15 is 0 Å². The Balaban J connectivity index is 0.999. The van der Waals surface area contributed by atoms with E-state index in [1.54, 1.807) is 0 Å². The number of ether oxygens (including phenoxy) is 3. The van der Waals surface area contributed by atoms with Gasteiger partial charge >= 0.3 is 27.2 Å². The number of rotatable bonds is 9. The Hall–Kier alpha value is -2.54. The van der Waals surface area contributed by atoms with Gasteiger partial charge < -0.3 is 14.2 Å². The van der Waals surface area contributed by atoms with Crippen LogP contribution in [0.25, 0.3) is 0 Å². The third kappa shape index (κ3) is 5.84. The summed E-state index contributed by atoms with van der Waals surface area (Å²) in [6, 6.07) is 23.0. The Morgan fingerprint density at radius 3 is 2.05 bits per heavy atom. The molecule has 0 amide bonds. The highest BCUT2D eigenvalue weighted by Crippen LogP contribution is 2.59. The van der Waals surface area contributed by atoms with E-state index in [0.717, 1.165) is 23.1 Å². The van der Waals surface area contributed by atoms with Gasteiger partial charge in [-0.25, -0.2) is 4.79 Å². The summed E-state index contributed by atoms with van der Waals surface area (Å²) in [5.74, 6) is 4.13. The smallest absolute Gasteiger partial charge is 0.357 e. The lowest BCUT2D eigenvalue weighted by atomic mass is 9.50. The van der Waals surface area contributed by atoms with Gasteiger partial charge in [0.2, 0.25) is 0 Å². The van der Waals surface area contributed by atoms with Gasteiger partial charge in [0.05, 0.1) is 0 Å². The highest BCUT2D eigenvalue weighted by Gasteiger charge is 2.57. The van der Waals surface area contributed by atoms with Crippen molar-refractivity contribution in [3.8, 4) is 11.5 Å². The SMILES string of the molecule is Cc1cc([I+]c2ccccc2)cc(C)c1OCc1ccc(OCC(=O)OC2(C)C3CC4CC(C3)CC2C4)cc1. The van der Waals surface area contributed by atoms with E-state index in [4.69, 9.17) is 14.2 Å². The summed E-state index contributed by atoms with van der Waals surface area (Å²) < 4.78 is 21.0. The topological polar surface area (TPSA) is 44.8 Å². The van der Waals surface area contributed by atoms with Crippen LogP contribution >= 0.6 is 0 Å². The van der Waals surface area contributed by atoms with Gasteiger partial charge in [-0.1, -0.05) is 30.3 Å². The van der Waals surface area contributed by atoms with Gasteiger partial charge in [0, 0.05) is 0 Å². The summed E-state index contributed by atoms with van der Waals surface area (Å²) in [7, 11) is 0. The number of carbonyl (C=O) groups is 1. The standard InChI is InChI=1S/C34H38IO4/c1-22-13-30(35-29-7-5-4-6-8-29)14-23(2)33(22)38-20-24-9-11-31(12-10-24)37-21-32(36)39-34(3)27-16-25-15-26(18-27)19-28(34)17-25/h4-14,25-28H,15-21H2,1-3H3/q+1. The molecule has 0 N–H and O–H groups in total. The molecule has 0 heterocycles. The average molecular weight is 638 g/mol. The summed E-state index contributed by atoms with van der Waals surface area (Å²) in [6.45, 7) is 6.86. The first-order chi connectivity index (χ1) is 18.9. The van der Waals surface area contributed by atoms with Crippen molar-refractivity contribution in [2.75, 3.05) is 6.61 Å². The first-order valence-corrected chi connectivity index (χ1v) is 16.4. The molecule has 39 heavy (non-hydrogen) atoms. The van der Waals surface area contributed by atoms with Crippen LogP contribution in [0.2, 0.25) is 0 Å². The normalized spacial score (nSPS) is 26.8. The molecule has 3 aromatic rings. The molecule has 204 valence electrons. The second kappa shape index (κ2) is 11.1. The zero-order valence-corrected chi connectivity index (χ0v) is 25.3. The van der Waals surface area contributed by atoms with Crippen molar-refractivity contribution in [3.63, 3.8) is 0 Å². The van der Waals surface area contributed by atoms with Crippen LogP contribution in [-0.4, -0.2) is 18.2 Å². The Kier molecular flexibility index (Phi) is 7.62. The predicted octanol–water partition coefficient (Wildman–Crippen LogP) is 4.15. The molecule has 4 nitrogen and oxygen atoms in total. The lowest BCUT2D eigenvalue weighted by molar-refractivity contribution is -0.597. The van der Waals surface area contributed by atoms with Crippen LogP contribution in [0.15, 0.2) is 66.7 Å². The van der Waals surface area contributed by atoms with Crippen molar-refractivity contribution in [1.29, 1.82) is 0 Å². The van der Waals surface area contributed by atoms with Crippen molar-refractivity contribution in [1.82, 2.24) is 0 Å². The molecule has 0 unspecified atom stereocenters. The van der Waals surface area contributed by atoms with Gasteiger partial charge in [-0.15, -0.1) is 0 Å². The van der Waals surface area contributed by atoms with Crippen LogP contribution < -0.4 is 30.7 Å². The molecule has 0 radical (unpaired) electrons. The second-order valence-electron chi connectivity index (χ2n) is 11.9. The molecule has 0 atom stereocenters. The molecule has 0 aromatic heterocycles. The van der Waals surface area contributed by atoms with Crippen LogP contribution in [0.4, 0.5) is 0 Å². The summed E-state index contributed by atoms with van der Waals surface area (Å²) in [4.78, 5) is 12.8. The number of esters is 1. The second-order valence-corrected chi connectivity index (χ2v) is 15.0. The number of hydrogen-bond donors (Lipinski definition) is 0. The van der Waals surface area contributed by atoms with Crippen molar-refractivity contribution in [3.05, 3.63) is 90.6 Å². The molecular formula is C34H38IO4+. The van der Waals surface area contributed by atoms with Gasteiger partial charge in [0.1, 0.15) is 23.7 Å². The van der Waals surface area contributed by atoms with Crippen LogP contribution in [0, 0.1) is 44.7 Å². The van der Waals surface area contributed by atoms with Gasteiger partial charge in [0.15, 0.2) is 13.7 Å². The Bertz CT molecular complexity index is 1270. The first-order valence-electron chi connectivity index (χ1n) is 14.2. The number of hydrogen-bond acceptors (Lipinski definition) is 4. The number of carbonyl (C=O) groups excluding carboxylic acids is 1. The molecule has 4 saturated carbocycles. The molecule has 4 fully saturated rings. The van der Waals surface area contributed by atoms with E-state index in [9.17, 15) is 4.79 Å².